The van der Waals surface area contributed by atoms with Crippen LogP contribution in [0.3, 0.4) is 0 Å². The van der Waals surface area contributed by atoms with Crippen molar-refractivity contribution in [3.8, 4) is 0 Å². The summed E-state index contributed by atoms with van der Waals surface area (Å²) in [6.45, 7) is 3.19. The van der Waals surface area contributed by atoms with Crippen molar-refractivity contribution in [2.45, 2.75) is 31.7 Å². The molecule has 0 unspecified atom stereocenters. The SMILES string of the molecule is O=c1[nH]c2ncccc2n1C1CCN(CCCc2ccncc2)CC1. The van der Waals surface area contributed by atoms with Gasteiger partial charge < -0.3 is 4.90 Å². The molecule has 0 saturated carbocycles. The van der Waals surface area contributed by atoms with Crippen LogP contribution in [0.25, 0.3) is 11.2 Å². The first-order valence-electron chi connectivity index (χ1n) is 8.98. The van der Waals surface area contributed by atoms with E-state index in [1.807, 2.05) is 29.1 Å². The van der Waals surface area contributed by atoms with E-state index in [1.165, 1.54) is 5.56 Å². The number of hydrogen-bond acceptors (Lipinski definition) is 4. The smallest absolute Gasteiger partial charge is 0.303 e. The number of rotatable bonds is 5. The molecule has 0 spiro atoms. The second kappa shape index (κ2) is 7.19. The van der Waals surface area contributed by atoms with Crippen LogP contribution in [-0.2, 0) is 6.42 Å². The van der Waals surface area contributed by atoms with Crippen LogP contribution in [0.2, 0.25) is 0 Å². The van der Waals surface area contributed by atoms with Crippen molar-refractivity contribution in [3.05, 3.63) is 58.9 Å². The highest BCUT2D eigenvalue weighted by Crippen LogP contribution is 2.24. The summed E-state index contributed by atoms with van der Waals surface area (Å²) in [5.74, 6) is 0. The highest BCUT2D eigenvalue weighted by atomic mass is 16.1. The Hall–Kier alpha value is -2.47. The summed E-state index contributed by atoms with van der Waals surface area (Å²) in [4.78, 5) is 26.0. The number of imidazole rings is 1. The number of likely N-dealkylation sites (tertiary alicyclic amines) is 1. The third-order valence-corrected chi connectivity index (χ3v) is 5.10. The molecule has 3 aromatic heterocycles. The Bertz CT molecular complexity index is 877. The average molecular weight is 337 g/mol. The van der Waals surface area contributed by atoms with Gasteiger partial charge in [0.05, 0.1) is 5.52 Å². The molecular formula is C19H23N5O. The van der Waals surface area contributed by atoms with E-state index in [-0.39, 0.29) is 11.7 Å². The number of nitrogens with zero attached hydrogens (tertiary/aromatic N) is 4. The molecule has 1 aliphatic rings. The third-order valence-electron chi connectivity index (χ3n) is 5.10. The van der Waals surface area contributed by atoms with Crippen molar-refractivity contribution in [1.82, 2.24) is 24.4 Å². The van der Waals surface area contributed by atoms with Crippen LogP contribution in [-0.4, -0.2) is 44.1 Å². The van der Waals surface area contributed by atoms with Crippen molar-refractivity contribution in [2.24, 2.45) is 0 Å². The number of hydrogen-bond donors (Lipinski definition) is 1. The zero-order valence-corrected chi connectivity index (χ0v) is 14.3. The number of aromatic nitrogens is 4. The van der Waals surface area contributed by atoms with Crippen molar-refractivity contribution in [1.29, 1.82) is 0 Å². The molecule has 0 bridgehead atoms. The monoisotopic (exact) mass is 337 g/mol. The van der Waals surface area contributed by atoms with Gasteiger partial charge in [0.1, 0.15) is 0 Å². The Morgan fingerprint density at radius 1 is 1.12 bits per heavy atom. The lowest BCUT2D eigenvalue weighted by molar-refractivity contribution is 0.185. The van der Waals surface area contributed by atoms with Crippen LogP contribution < -0.4 is 5.69 Å². The molecule has 0 aliphatic carbocycles. The number of nitrogens with one attached hydrogen (secondary N) is 1. The van der Waals surface area contributed by atoms with E-state index in [2.05, 4.69) is 32.0 Å². The number of piperidine rings is 1. The van der Waals surface area contributed by atoms with Gasteiger partial charge in [-0.15, -0.1) is 0 Å². The summed E-state index contributed by atoms with van der Waals surface area (Å²) in [7, 11) is 0. The summed E-state index contributed by atoms with van der Waals surface area (Å²) in [5, 5.41) is 0. The first kappa shape index (κ1) is 16.0. The fraction of sp³-hybridized carbons (Fsp3) is 0.421. The second-order valence-corrected chi connectivity index (χ2v) is 6.70. The Kier molecular flexibility index (Phi) is 4.61. The van der Waals surface area contributed by atoms with Gasteiger partial charge in [-0.1, -0.05) is 0 Å². The summed E-state index contributed by atoms with van der Waals surface area (Å²) >= 11 is 0. The molecule has 0 atom stereocenters. The van der Waals surface area contributed by atoms with Gasteiger partial charge in [0.15, 0.2) is 5.65 Å². The average Bonchev–Trinajstić information content (AvgIpc) is 2.99. The van der Waals surface area contributed by atoms with Gasteiger partial charge in [-0.2, -0.15) is 0 Å². The second-order valence-electron chi connectivity index (χ2n) is 6.70. The number of fused-ring (bicyclic) bond motifs is 1. The molecule has 0 aromatic carbocycles. The summed E-state index contributed by atoms with van der Waals surface area (Å²) in [5.41, 5.74) is 2.92. The van der Waals surface area contributed by atoms with E-state index in [4.69, 9.17) is 0 Å². The molecule has 4 rings (SSSR count). The van der Waals surface area contributed by atoms with Crippen molar-refractivity contribution >= 4 is 11.2 Å². The largest absolute Gasteiger partial charge is 0.327 e. The van der Waals surface area contributed by atoms with Crippen LogP contribution in [0, 0.1) is 0 Å². The van der Waals surface area contributed by atoms with Crippen LogP contribution in [0.5, 0.6) is 0 Å². The van der Waals surface area contributed by atoms with Crippen LogP contribution >= 0.6 is 0 Å². The maximum absolute atomic E-state index is 12.3. The van der Waals surface area contributed by atoms with Crippen molar-refractivity contribution in [2.75, 3.05) is 19.6 Å². The highest BCUT2D eigenvalue weighted by Gasteiger charge is 2.23. The number of aryl methyl sites for hydroxylation is 1. The van der Waals surface area contributed by atoms with E-state index in [0.29, 0.717) is 5.65 Å². The first-order chi connectivity index (χ1) is 12.3. The molecule has 0 radical (unpaired) electrons. The van der Waals surface area contributed by atoms with Gasteiger partial charge in [-0.3, -0.25) is 14.5 Å². The molecule has 25 heavy (non-hydrogen) atoms. The van der Waals surface area contributed by atoms with Gasteiger partial charge in [0, 0.05) is 37.7 Å². The standard InChI is InChI=1S/C19H23N5O/c25-19-22-18-17(4-1-9-21-18)24(19)16-7-13-23(14-8-16)12-2-3-15-5-10-20-11-6-15/h1,4-6,9-11,16H,2-3,7-8,12-14H2,(H,21,22,25). The van der Waals surface area contributed by atoms with E-state index in [9.17, 15) is 4.79 Å². The Morgan fingerprint density at radius 2 is 1.92 bits per heavy atom. The van der Waals surface area contributed by atoms with Gasteiger partial charge in [0.25, 0.3) is 0 Å². The summed E-state index contributed by atoms with van der Waals surface area (Å²) in [6.07, 6.45) is 9.70. The molecule has 3 aromatic rings. The molecule has 1 fully saturated rings. The molecular weight excluding hydrogens is 314 g/mol. The fourth-order valence-corrected chi connectivity index (χ4v) is 3.78. The lowest BCUT2D eigenvalue weighted by Gasteiger charge is -2.32. The first-order valence-corrected chi connectivity index (χ1v) is 8.98. The molecule has 6 nitrogen and oxygen atoms in total. The van der Waals surface area contributed by atoms with Gasteiger partial charge >= 0.3 is 5.69 Å². The molecule has 4 heterocycles. The third kappa shape index (κ3) is 3.49. The molecule has 1 N–H and O–H groups in total. The topological polar surface area (TPSA) is 66.8 Å². The number of pyridine rings is 2. The molecule has 1 aliphatic heterocycles. The Morgan fingerprint density at radius 3 is 2.72 bits per heavy atom. The van der Waals surface area contributed by atoms with Gasteiger partial charge in [-0.25, -0.2) is 9.78 Å². The van der Waals surface area contributed by atoms with Gasteiger partial charge in [0.2, 0.25) is 0 Å². The molecule has 130 valence electrons. The van der Waals surface area contributed by atoms with Crippen LogP contribution in [0.1, 0.15) is 30.9 Å². The fourth-order valence-electron chi connectivity index (χ4n) is 3.78. The minimum absolute atomic E-state index is 0.0372. The Balaban J connectivity index is 1.34. The lowest BCUT2D eigenvalue weighted by atomic mass is 10.0. The zero-order chi connectivity index (χ0) is 17.1. The predicted octanol–water partition coefficient (Wildman–Crippen LogP) is 2.39. The molecule has 0 amide bonds. The summed E-state index contributed by atoms with van der Waals surface area (Å²) < 4.78 is 1.90. The van der Waals surface area contributed by atoms with Crippen LogP contribution in [0.4, 0.5) is 0 Å². The normalized spacial score (nSPS) is 16.5. The van der Waals surface area contributed by atoms with E-state index >= 15 is 0 Å². The Labute approximate surface area is 146 Å². The van der Waals surface area contributed by atoms with E-state index in [1.54, 1.807) is 6.20 Å². The van der Waals surface area contributed by atoms with Crippen molar-refractivity contribution < 1.29 is 0 Å². The maximum Gasteiger partial charge on any atom is 0.327 e. The minimum atomic E-state index is -0.0372. The lowest BCUT2D eigenvalue weighted by Crippen LogP contribution is -2.37. The van der Waals surface area contributed by atoms with E-state index in [0.717, 1.165) is 50.8 Å². The number of aromatic amines is 1. The van der Waals surface area contributed by atoms with Gasteiger partial charge in [-0.05, 0) is 62.1 Å². The quantitative estimate of drug-likeness (QED) is 0.776. The molecule has 6 heteroatoms. The van der Waals surface area contributed by atoms with Crippen molar-refractivity contribution in [3.63, 3.8) is 0 Å². The minimum Gasteiger partial charge on any atom is -0.303 e. The predicted molar refractivity (Wildman–Crippen MR) is 97.6 cm³/mol. The highest BCUT2D eigenvalue weighted by molar-refractivity contribution is 5.70. The molecule has 1 saturated heterocycles. The summed E-state index contributed by atoms with van der Waals surface area (Å²) in [6, 6.07) is 8.30. The van der Waals surface area contributed by atoms with Crippen LogP contribution in [0.15, 0.2) is 47.7 Å². The zero-order valence-electron chi connectivity index (χ0n) is 14.3. The van der Waals surface area contributed by atoms with E-state index < -0.39 is 0 Å². The number of H-pyrrole nitrogens is 1. The maximum atomic E-state index is 12.3.